The smallest absolute Gasteiger partial charge is 0.119 e. The van der Waals surface area contributed by atoms with Gasteiger partial charge in [-0.15, -0.1) is 0 Å². The fourth-order valence-corrected chi connectivity index (χ4v) is 2.89. The van der Waals surface area contributed by atoms with Crippen molar-refractivity contribution in [2.75, 3.05) is 7.11 Å². The van der Waals surface area contributed by atoms with Crippen molar-refractivity contribution in [1.29, 1.82) is 0 Å². The largest absolute Gasteiger partial charge is 0.497 e. The number of aromatic nitrogens is 2. The minimum Gasteiger partial charge on any atom is -0.497 e. The molecule has 0 aliphatic carbocycles. The molecule has 0 fully saturated rings. The molecule has 4 heteroatoms. The maximum Gasteiger partial charge on any atom is 0.119 e. The number of rotatable bonds is 5. The molecule has 0 N–H and O–H groups in total. The van der Waals surface area contributed by atoms with Gasteiger partial charge >= 0.3 is 0 Å². The van der Waals surface area contributed by atoms with Crippen molar-refractivity contribution in [3.05, 3.63) is 82.3 Å². The van der Waals surface area contributed by atoms with E-state index in [0.717, 1.165) is 29.0 Å². The Morgan fingerprint density at radius 1 is 1.09 bits per heavy atom. The lowest BCUT2D eigenvalue weighted by Gasteiger charge is -2.09. The van der Waals surface area contributed by atoms with E-state index < -0.39 is 0 Å². The normalized spacial score (nSPS) is 10.6. The van der Waals surface area contributed by atoms with Gasteiger partial charge in [-0.05, 0) is 35.4 Å². The van der Waals surface area contributed by atoms with Crippen molar-refractivity contribution >= 4 is 15.9 Å². The first kappa shape index (κ1) is 14.9. The third kappa shape index (κ3) is 3.57. The van der Waals surface area contributed by atoms with E-state index >= 15 is 0 Å². The Hall–Kier alpha value is -2.07. The van der Waals surface area contributed by atoms with Crippen molar-refractivity contribution in [1.82, 2.24) is 9.55 Å². The summed E-state index contributed by atoms with van der Waals surface area (Å²) in [6, 6.07) is 16.5. The van der Waals surface area contributed by atoms with E-state index in [4.69, 9.17) is 4.74 Å². The van der Waals surface area contributed by atoms with Crippen LogP contribution in [0.3, 0.4) is 0 Å². The number of benzene rings is 2. The van der Waals surface area contributed by atoms with Crippen molar-refractivity contribution in [2.24, 2.45) is 0 Å². The van der Waals surface area contributed by atoms with Crippen LogP contribution in [0.5, 0.6) is 5.75 Å². The van der Waals surface area contributed by atoms with Crippen LogP contribution in [0, 0.1) is 0 Å². The molecule has 3 aromatic rings. The molecular weight excluding hydrogens is 340 g/mol. The number of nitrogens with zero attached hydrogens (tertiary/aromatic N) is 2. The summed E-state index contributed by atoms with van der Waals surface area (Å²) >= 11 is 3.51. The summed E-state index contributed by atoms with van der Waals surface area (Å²) in [4.78, 5) is 4.50. The van der Waals surface area contributed by atoms with E-state index in [1.54, 1.807) is 7.11 Å². The lowest BCUT2D eigenvalue weighted by Crippen LogP contribution is -2.05. The average molecular weight is 357 g/mol. The zero-order valence-electron chi connectivity index (χ0n) is 12.4. The molecular formula is C18H17BrN2O. The van der Waals surface area contributed by atoms with Crippen molar-refractivity contribution in [3.8, 4) is 5.75 Å². The van der Waals surface area contributed by atoms with Crippen molar-refractivity contribution < 1.29 is 4.74 Å². The van der Waals surface area contributed by atoms with Crippen LogP contribution >= 0.6 is 15.9 Å². The van der Waals surface area contributed by atoms with E-state index in [2.05, 4.69) is 55.8 Å². The molecule has 2 aromatic carbocycles. The van der Waals surface area contributed by atoms with Crippen molar-refractivity contribution in [3.63, 3.8) is 0 Å². The molecule has 0 aliphatic rings. The van der Waals surface area contributed by atoms with Gasteiger partial charge in [-0.1, -0.05) is 40.2 Å². The molecule has 0 atom stereocenters. The van der Waals surface area contributed by atoms with E-state index in [1.807, 2.05) is 30.6 Å². The molecule has 3 nitrogen and oxygen atoms in total. The van der Waals surface area contributed by atoms with Gasteiger partial charge in [0.05, 0.1) is 7.11 Å². The van der Waals surface area contributed by atoms with Crippen LogP contribution in [0.4, 0.5) is 0 Å². The second-order valence-electron chi connectivity index (χ2n) is 5.13. The Morgan fingerprint density at radius 3 is 2.73 bits per heavy atom. The molecule has 3 rings (SSSR count). The summed E-state index contributed by atoms with van der Waals surface area (Å²) in [7, 11) is 1.69. The number of methoxy groups -OCH3 is 1. The third-order valence-electron chi connectivity index (χ3n) is 3.54. The van der Waals surface area contributed by atoms with Crippen LogP contribution in [0.1, 0.15) is 17.0 Å². The molecule has 0 unspecified atom stereocenters. The number of hydrogen-bond donors (Lipinski definition) is 0. The summed E-state index contributed by atoms with van der Waals surface area (Å²) in [6.07, 6.45) is 4.69. The SMILES string of the molecule is COc1cccc(Cn2ccnc2Cc2cccc(Br)c2)c1. The Balaban J connectivity index is 1.80. The molecule has 0 saturated carbocycles. The van der Waals surface area contributed by atoms with Gasteiger partial charge in [-0.2, -0.15) is 0 Å². The van der Waals surface area contributed by atoms with Gasteiger partial charge in [0.2, 0.25) is 0 Å². The van der Waals surface area contributed by atoms with Crippen molar-refractivity contribution in [2.45, 2.75) is 13.0 Å². The van der Waals surface area contributed by atoms with Gasteiger partial charge in [-0.25, -0.2) is 4.98 Å². The van der Waals surface area contributed by atoms with Gasteiger partial charge in [0, 0.05) is 29.8 Å². The summed E-state index contributed by atoms with van der Waals surface area (Å²) in [5.74, 6) is 1.94. The van der Waals surface area contributed by atoms with Crippen LogP contribution in [0.2, 0.25) is 0 Å². The Labute approximate surface area is 138 Å². The number of halogens is 1. The van der Waals surface area contributed by atoms with Crippen LogP contribution in [-0.4, -0.2) is 16.7 Å². The summed E-state index contributed by atoms with van der Waals surface area (Å²) in [5, 5.41) is 0. The summed E-state index contributed by atoms with van der Waals surface area (Å²) < 4.78 is 8.55. The first-order valence-electron chi connectivity index (χ1n) is 7.12. The Bertz CT molecular complexity index is 767. The predicted octanol–water partition coefficient (Wildman–Crippen LogP) is 4.29. The third-order valence-corrected chi connectivity index (χ3v) is 4.03. The zero-order chi connectivity index (χ0) is 15.4. The molecule has 112 valence electrons. The van der Waals surface area contributed by atoms with Gasteiger partial charge in [-0.3, -0.25) is 0 Å². The number of hydrogen-bond acceptors (Lipinski definition) is 2. The highest BCUT2D eigenvalue weighted by atomic mass is 79.9. The molecule has 0 bridgehead atoms. The lowest BCUT2D eigenvalue weighted by atomic mass is 10.1. The highest BCUT2D eigenvalue weighted by Crippen LogP contribution is 2.17. The van der Waals surface area contributed by atoms with E-state index in [9.17, 15) is 0 Å². The Kier molecular flexibility index (Phi) is 4.59. The van der Waals surface area contributed by atoms with Crippen LogP contribution in [0.15, 0.2) is 65.4 Å². The highest BCUT2D eigenvalue weighted by Gasteiger charge is 2.06. The van der Waals surface area contributed by atoms with Gasteiger partial charge < -0.3 is 9.30 Å². The second kappa shape index (κ2) is 6.79. The van der Waals surface area contributed by atoms with E-state index in [1.165, 1.54) is 11.1 Å². The summed E-state index contributed by atoms with van der Waals surface area (Å²) in [5.41, 5.74) is 2.44. The molecule has 0 amide bonds. The van der Waals surface area contributed by atoms with Gasteiger partial charge in [0.1, 0.15) is 11.6 Å². The fraction of sp³-hybridized carbons (Fsp3) is 0.167. The molecule has 0 spiro atoms. The first-order valence-corrected chi connectivity index (χ1v) is 7.91. The van der Waals surface area contributed by atoms with Crippen LogP contribution in [0.25, 0.3) is 0 Å². The standard InChI is InChI=1S/C18H17BrN2O/c1-22-17-7-3-5-15(11-17)13-21-9-8-20-18(21)12-14-4-2-6-16(19)10-14/h2-11H,12-13H2,1H3. The molecule has 22 heavy (non-hydrogen) atoms. The molecule has 1 aromatic heterocycles. The van der Waals surface area contributed by atoms with Gasteiger partial charge in [0.25, 0.3) is 0 Å². The number of imidazole rings is 1. The van der Waals surface area contributed by atoms with Crippen LogP contribution in [-0.2, 0) is 13.0 Å². The van der Waals surface area contributed by atoms with E-state index in [-0.39, 0.29) is 0 Å². The fourth-order valence-electron chi connectivity index (χ4n) is 2.45. The minimum atomic E-state index is 0.792. The monoisotopic (exact) mass is 356 g/mol. The maximum atomic E-state index is 5.28. The maximum absolute atomic E-state index is 5.28. The number of ether oxygens (including phenoxy) is 1. The first-order chi connectivity index (χ1) is 10.7. The highest BCUT2D eigenvalue weighted by molar-refractivity contribution is 9.10. The average Bonchev–Trinajstić information content (AvgIpc) is 2.94. The predicted molar refractivity (Wildman–Crippen MR) is 91.3 cm³/mol. The second-order valence-corrected chi connectivity index (χ2v) is 6.05. The molecule has 0 radical (unpaired) electrons. The minimum absolute atomic E-state index is 0.792. The van der Waals surface area contributed by atoms with Gasteiger partial charge in [0.15, 0.2) is 0 Å². The molecule has 1 heterocycles. The topological polar surface area (TPSA) is 27.1 Å². The van der Waals surface area contributed by atoms with E-state index in [0.29, 0.717) is 0 Å². The van der Waals surface area contributed by atoms with Crippen LogP contribution < -0.4 is 4.74 Å². The summed E-state index contributed by atoms with van der Waals surface area (Å²) in [6.45, 7) is 0.792. The Morgan fingerprint density at radius 2 is 1.91 bits per heavy atom. The quantitative estimate of drug-likeness (QED) is 0.681. The lowest BCUT2D eigenvalue weighted by molar-refractivity contribution is 0.414. The molecule has 0 aliphatic heterocycles. The zero-order valence-corrected chi connectivity index (χ0v) is 14.0. The molecule has 0 saturated heterocycles.